The van der Waals surface area contributed by atoms with E-state index in [1.807, 2.05) is 32.9 Å². The predicted octanol–water partition coefficient (Wildman–Crippen LogP) is 5.46. The van der Waals surface area contributed by atoms with Crippen LogP contribution in [0.25, 0.3) is 10.9 Å². The Kier molecular flexibility index (Phi) is 6.85. The minimum absolute atomic E-state index is 0.0577. The molecule has 0 spiro atoms. The number of aromatic amines is 1. The van der Waals surface area contributed by atoms with Gasteiger partial charge in [0.25, 0.3) is 0 Å². The first-order chi connectivity index (χ1) is 19.9. The maximum Gasteiger partial charge on any atom is 0.410 e. The van der Waals surface area contributed by atoms with Crippen molar-refractivity contribution >= 4 is 28.5 Å². The molecule has 0 bridgehead atoms. The van der Waals surface area contributed by atoms with Gasteiger partial charge in [0.15, 0.2) is 5.78 Å². The molecule has 220 valence electrons. The smallest absolute Gasteiger partial charge is 0.410 e. The quantitative estimate of drug-likeness (QED) is 0.450. The number of benzene rings is 2. The van der Waals surface area contributed by atoms with Crippen LogP contribution in [0.4, 0.5) is 10.5 Å². The molecule has 2 aromatic carbocycles. The fourth-order valence-electron chi connectivity index (χ4n) is 6.85. The third-order valence-electron chi connectivity index (χ3n) is 9.14. The highest BCUT2D eigenvalue weighted by Gasteiger charge is 2.41. The molecule has 0 radical (unpaired) electrons. The number of rotatable bonds is 4. The Morgan fingerprint density at radius 1 is 1.12 bits per heavy atom. The maximum atomic E-state index is 14.0. The molecule has 0 unspecified atom stereocenters. The fourth-order valence-corrected chi connectivity index (χ4v) is 6.85. The highest BCUT2D eigenvalue weighted by atomic mass is 16.6. The first-order valence-electron chi connectivity index (χ1n) is 15.1. The van der Waals surface area contributed by atoms with E-state index in [9.17, 15) is 14.9 Å². The van der Waals surface area contributed by atoms with E-state index in [2.05, 4.69) is 53.8 Å². The molecule has 1 N–H and O–H groups in total. The number of likely N-dealkylation sites (tertiary alicyclic amines) is 1. The Balaban J connectivity index is 1.18. The van der Waals surface area contributed by atoms with Crippen molar-refractivity contribution in [2.45, 2.75) is 59.0 Å². The highest BCUT2D eigenvalue weighted by Crippen LogP contribution is 2.46. The summed E-state index contributed by atoms with van der Waals surface area (Å²) >= 11 is 0. The summed E-state index contributed by atoms with van der Waals surface area (Å²) in [5.74, 6) is 0.544. The summed E-state index contributed by atoms with van der Waals surface area (Å²) in [5, 5.41) is 10.3. The van der Waals surface area contributed by atoms with Crippen molar-refractivity contribution in [3.8, 4) is 6.07 Å². The molecule has 3 aliphatic rings. The number of nitrogens with zero attached hydrogens (tertiary/aromatic N) is 4. The molecule has 42 heavy (non-hydrogen) atoms. The lowest BCUT2D eigenvalue weighted by molar-refractivity contribution is -0.00658. The van der Waals surface area contributed by atoms with Gasteiger partial charge in [-0.2, -0.15) is 5.26 Å². The van der Waals surface area contributed by atoms with Crippen LogP contribution in [-0.2, 0) is 16.6 Å². The minimum Gasteiger partial charge on any atom is -0.444 e. The predicted molar refractivity (Wildman–Crippen MR) is 164 cm³/mol. The van der Waals surface area contributed by atoms with Crippen LogP contribution in [0.5, 0.6) is 0 Å². The van der Waals surface area contributed by atoms with Crippen LogP contribution in [-0.4, -0.2) is 78.1 Å². The summed E-state index contributed by atoms with van der Waals surface area (Å²) in [6.45, 7) is 18.5. The molecule has 6 rings (SSSR count). The lowest BCUT2D eigenvalue weighted by Gasteiger charge is -2.44. The number of carbonyl (C=O) groups is 2. The molecule has 8 nitrogen and oxygen atoms in total. The number of H-pyrrole nitrogens is 1. The van der Waals surface area contributed by atoms with Gasteiger partial charge in [-0.05, 0) is 62.6 Å². The molecular formula is C34H41N5O3. The summed E-state index contributed by atoms with van der Waals surface area (Å²) in [6.07, 6.45) is 0.640. The Hall–Kier alpha value is -3.83. The summed E-state index contributed by atoms with van der Waals surface area (Å²) in [4.78, 5) is 36.6. The Morgan fingerprint density at radius 2 is 1.83 bits per heavy atom. The molecule has 1 amide bonds. The zero-order valence-electron chi connectivity index (χ0n) is 25.6. The second-order valence-electron chi connectivity index (χ2n) is 13.6. The molecule has 2 fully saturated rings. The van der Waals surface area contributed by atoms with E-state index in [4.69, 9.17) is 4.74 Å². The van der Waals surface area contributed by atoms with Gasteiger partial charge in [0.05, 0.1) is 17.2 Å². The van der Waals surface area contributed by atoms with E-state index in [1.54, 1.807) is 11.0 Å². The number of anilines is 1. The number of amides is 1. The number of aromatic nitrogens is 1. The third kappa shape index (κ3) is 4.84. The second kappa shape index (κ2) is 10.2. The summed E-state index contributed by atoms with van der Waals surface area (Å²) in [7, 11) is 0. The van der Waals surface area contributed by atoms with Gasteiger partial charge in [-0.3, -0.25) is 9.69 Å². The molecule has 0 saturated carbocycles. The van der Waals surface area contributed by atoms with E-state index < -0.39 is 11.0 Å². The van der Waals surface area contributed by atoms with Gasteiger partial charge < -0.3 is 19.5 Å². The number of nitrogens with one attached hydrogen (secondary N) is 1. The van der Waals surface area contributed by atoms with Crippen molar-refractivity contribution in [2.75, 3.05) is 50.7 Å². The highest BCUT2D eigenvalue weighted by molar-refractivity contribution is 6.20. The van der Waals surface area contributed by atoms with E-state index in [0.717, 1.165) is 85.5 Å². The lowest BCUT2D eigenvalue weighted by Crippen LogP contribution is -2.57. The van der Waals surface area contributed by atoms with E-state index in [0.29, 0.717) is 11.5 Å². The molecule has 3 aromatic rings. The minimum atomic E-state index is -0.463. The van der Waals surface area contributed by atoms with Gasteiger partial charge in [0, 0.05) is 85.0 Å². The lowest BCUT2D eigenvalue weighted by atomic mass is 9.70. The van der Waals surface area contributed by atoms with Crippen molar-refractivity contribution in [2.24, 2.45) is 5.92 Å². The summed E-state index contributed by atoms with van der Waals surface area (Å²) < 4.78 is 5.50. The zero-order valence-corrected chi connectivity index (χ0v) is 25.6. The number of hydrogen-bond acceptors (Lipinski definition) is 6. The van der Waals surface area contributed by atoms with Gasteiger partial charge in [0.1, 0.15) is 5.60 Å². The number of fused-ring (bicyclic) bond motifs is 4. The molecule has 0 atom stereocenters. The number of carbonyl (C=O) groups excluding carboxylic acids is 2. The standard InChI is InChI=1S/C34H41N5O3/c1-7-23-15-25-26(34(5,6)31-29(30(25)40)24-9-8-21(17-35)14-27(24)36-31)16-28(23)38-12-10-37(11-13-38)18-22-19-39(20-22)32(41)42-33(2,3)4/h8-9,14-16,22,36H,7,10-13,18-20H2,1-6H3. The number of nitriles is 1. The van der Waals surface area contributed by atoms with Crippen LogP contribution in [0.1, 0.15) is 79.8 Å². The SMILES string of the molecule is CCc1cc2c(cc1N1CCN(CC3CN(C(=O)OC(C)(C)C)C3)CC1)C(C)(C)c1[nH]c3cc(C#N)ccc3c1C2=O. The van der Waals surface area contributed by atoms with Gasteiger partial charge >= 0.3 is 6.09 Å². The molecular weight excluding hydrogens is 526 g/mol. The number of ketones is 1. The average molecular weight is 568 g/mol. The Bertz CT molecular complexity index is 1610. The maximum absolute atomic E-state index is 14.0. The molecule has 8 heteroatoms. The fraction of sp³-hybridized carbons (Fsp3) is 0.500. The van der Waals surface area contributed by atoms with Crippen molar-refractivity contribution in [3.05, 3.63) is 63.8 Å². The van der Waals surface area contributed by atoms with E-state index in [-0.39, 0.29) is 11.9 Å². The molecule has 2 aliphatic heterocycles. The number of aryl methyl sites for hydroxylation is 1. The van der Waals surface area contributed by atoms with Crippen molar-refractivity contribution < 1.29 is 14.3 Å². The van der Waals surface area contributed by atoms with Gasteiger partial charge in [-0.25, -0.2) is 4.79 Å². The zero-order chi connectivity index (χ0) is 30.0. The molecule has 3 heterocycles. The van der Waals surface area contributed by atoms with Crippen LogP contribution >= 0.6 is 0 Å². The van der Waals surface area contributed by atoms with Crippen LogP contribution < -0.4 is 4.90 Å². The average Bonchev–Trinajstić information content (AvgIpc) is 3.32. The number of ether oxygens (including phenoxy) is 1. The molecule has 1 aromatic heterocycles. The normalized spacial score (nSPS) is 18.8. The van der Waals surface area contributed by atoms with E-state index in [1.165, 1.54) is 11.3 Å². The van der Waals surface area contributed by atoms with Gasteiger partial charge in [-0.15, -0.1) is 0 Å². The first-order valence-corrected chi connectivity index (χ1v) is 15.1. The van der Waals surface area contributed by atoms with Gasteiger partial charge in [0.2, 0.25) is 0 Å². The first kappa shape index (κ1) is 28.3. The van der Waals surface area contributed by atoms with Gasteiger partial charge in [-0.1, -0.05) is 26.8 Å². The monoisotopic (exact) mass is 567 g/mol. The van der Waals surface area contributed by atoms with Crippen LogP contribution in [0.15, 0.2) is 30.3 Å². The Labute approximate surface area is 248 Å². The topological polar surface area (TPSA) is 92.7 Å². The molecule has 1 aliphatic carbocycles. The van der Waals surface area contributed by atoms with Crippen LogP contribution in [0, 0.1) is 17.2 Å². The number of piperazine rings is 1. The van der Waals surface area contributed by atoms with Crippen molar-refractivity contribution in [1.82, 2.24) is 14.8 Å². The van der Waals surface area contributed by atoms with Crippen LogP contribution in [0.3, 0.4) is 0 Å². The summed E-state index contributed by atoms with van der Waals surface area (Å²) in [5.41, 5.74) is 6.48. The summed E-state index contributed by atoms with van der Waals surface area (Å²) in [6, 6.07) is 12.1. The second-order valence-corrected chi connectivity index (χ2v) is 13.6. The van der Waals surface area contributed by atoms with Crippen molar-refractivity contribution in [1.29, 1.82) is 5.26 Å². The molecule has 2 saturated heterocycles. The van der Waals surface area contributed by atoms with E-state index >= 15 is 0 Å². The van der Waals surface area contributed by atoms with Crippen molar-refractivity contribution in [3.63, 3.8) is 0 Å². The largest absolute Gasteiger partial charge is 0.444 e. The number of hydrogen-bond donors (Lipinski definition) is 1. The van der Waals surface area contributed by atoms with Crippen LogP contribution in [0.2, 0.25) is 0 Å². The third-order valence-corrected chi connectivity index (χ3v) is 9.14. The Morgan fingerprint density at radius 3 is 2.48 bits per heavy atom.